The van der Waals surface area contributed by atoms with Crippen molar-refractivity contribution >= 4 is 21.8 Å². The summed E-state index contributed by atoms with van der Waals surface area (Å²) < 4.78 is 8.07. The van der Waals surface area contributed by atoms with E-state index in [1.165, 1.54) is 0 Å². The summed E-state index contributed by atoms with van der Waals surface area (Å²) in [6.07, 6.45) is 2.95. The molecule has 1 amide bonds. The Labute approximate surface area is 149 Å². The zero-order valence-electron chi connectivity index (χ0n) is 13.7. The molecule has 0 aliphatic heterocycles. The largest absolute Gasteiger partial charge is 0.382 e. The summed E-state index contributed by atoms with van der Waals surface area (Å²) in [5, 5.41) is 11.3. The topological polar surface area (TPSA) is 69.0 Å². The highest BCUT2D eigenvalue weighted by atomic mass is 79.9. The zero-order chi connectivity index (χ0) is 16.9. The van der Waals surface area contributed by atoms with Crippen LogP contribution in [-0.4, -0.2) is 40.7 Å². The third kappa shape index (κ3) is 4.02. The smallest absolute Gasteiger partial charge is 0.273 e. The SMILES string of the molecule is CCOCCCNC(=O)c1nnn(-c2ccc(Br)cc2)c1C1CC1. The molecule has 0 atom stereocenters. The van der Waals surface area contributed by atoms with Gasteiger partial charge in [0.1, 0.15) is 0 Å². The van der Waals surface area contributed by atoms with Crippen molar-refractivity contribution in [2.45, 2.75) is 32.1 Å². The molecule has 3 rings (SSSR count). The van der Waals surface area contributed by atoms with Gasteiger partial charge in [-0.25, -0.2) is 4.68 Å². The van der Waals surface area contributed by atoms with Crippen LogP contribution in [0, 0.1) is 0 Å². The highest BCUT2D eigenvalue weighted by Crippen LogP contribution is 2.42. The third-order valence-corrected chi connectivity index (χ3v) is 4.44. The average Bonchev–Trinajstić information content (AvgIpc) is 3.33. The molecule has 1 N–H and O–H groups in total. The van der Waals surface area contributed by atoms with Gasteiger partial charge in [-0.15, -0.1) is 5.10 Å². The van der Waals surface area contributed by atoms with E-state index >= 15 is 0 Å². The van der Waals surface area contributed by atoms with Gasteiger partial charge in [-0.3, -0.25) is 4.79 Å². The van der Waals surface area contributed by atoms with Crippen molar-refractivity contribution in [2.75, 3.05) is 19.8 Å². The summed E-state index contributed by atoms with van der Waals surface area (Å²) in [7, 11) is 0. The van der Waals surface area contributed by atoms with Gasteiger partial charge in [0, 0.05) is 30.1 Å². The number of amides is 1. The van der Waals surface area contributed by atoms with Crippen molar-refractivity contribution in [1.29, 1.82) is 0 Å². The van der Waals surface area contributed by atoms with Gasteiger partial charge in [-0.1, -0.05) is 21.1 Å². The fourth-order valence-corrected chi connectivity index (χ4v) is 2.82. The van der Waals surface area contributed by atoms with Crippen LogP contribution in [0.3, 0.4) is 0 Å². The molecule has 24 heavy (non-hydrogen) atoms. The van der Waals surface area contributed by atoms with Crippen LogP contribution in [-0.2, 0) is 4.74 Å². The van der Waals surface area contributed by atoms with E-state index in [9.17, 15) is 4.79 Å². The molecule has 2 aromatic rings. The molecule has 0 saturated heterocycles. The summed E-state index contributed by atoms with van der Waals surface area (Å²) in [6, 6.07) is 7.85. The van der Waals surface area contributed by atoms with Crippen LogP contribution in [0.25, 0.3) is 5.69 Å². The van der Waals surface area contributed by atoms with E-state index in [0.29, 0.717) is 31.4 Å². The summed E-state index contributed by atoms with van der Waals surface area (Å²) in [6.45, 7) is 3.88. The Balaban J connectivity index is 1.74. The van der Waals surface area contributed by atoms with Gasteiger partial charge < -0.3 is 10.1 Å². The molecule has 128 valence electrons. The summed E-state index contributed by atoms with van der Waals surface area (Å²) in [4.78, 5) is 12.5. The highest BCUT2D eigenvalue weighted by Gasteiger charge is 2.34. The highest BCUT2D eigenvalue weighted by molar-refractivity contribution is 9.10. The first-order valence-electron chi connectivity index (χ1n) is 8.28. The lowest BCUT2D eigenvalue weighted by Gasteiger charge is -2.08. The number of halogens is 1. The van der Waals surface area contributed by atoms with Gasteiger partial charge in [-0.05, 0) is 50.5 Å². The molecule has 1 aliphatic carbocycles. The molecule has 1 saturated carbocycles. The Hall–Kier alpha value is -1.73. The predicted molar refractivity (Wildman–Crippen MR) is 94.5 cm³/mol. The Kier molecular flexibility index (Phi) is 5.63. The summed E-state index contributed by atoms with van der Waals surface area (Å²) in [5.74, 6) is 0.213. The number of rotatable bonds is 8. The van der Waals surface area contributed by atoms with E-state index in [-0.39, 0.29) is 5.91 Å². The van der Waals surface area contributed by atoms with Gasteiger partial charge in [0.2, 0.25) is 0 Å². The third-order valence-electron chi connectivity index (χ3n) is 3.91. The molecule has 1 aliphatic rings. The number of benzene rings is 1. The molecular weight excluding hydrogens is 372 g/mol. The number of ether oxygens (including phenoxy) is 1. The first-order chi connectivity index (χ1) is 11.7. The number of carbonyl (C=O) groups excluding carboxylic acids is 1. The predicted octanol–water partition coefficient (Wildman–Crippen LogP) is 3.06. The van der Waals surface area contributed by atoms with Crippen LogP contribution in [0.2, 0.25) is 0 Å². The second-order valence-corrected chi connectivity index (χ2v) is 6.71. The monoisotopic (exact) mass is 392 g/mol. The molecule has 0 unspecified atom stereocenters. The van der Waals surface area contributed by atoms with E-state index in [4.69, 9.17) is 4.74 Å². The second kappa shape index (κ2) is 7.90. The van der Waals surface area contributed by atoms with E-state index in [1.807, 2.05) is 31.2 Å². The molecule has 1 fully saturated rings. The Morgan fingerprint density at radius 2 is 2.12 bits per heavy atom. The quantitative estimate of drug-likeness (QED) is 0.700. The van der Waals surface area contributed by atoms with Crippen LogP contribution in [0.15, 0.2) is 28.7 Å². The minimum atomic E-state index is -0.156. The van der Waals surface area contributed by atoms with E-state index in [1.54, 1.807) is 4.68 Å². The standard InChI is InChI=1S/C17H21BrN4O2/c1-2-24-11-3-10-19-17(23)15-16(12-4-5-12)22(21-20-15)14-8-6-13(18)7-9-14/h6-9,12H,2-5,10-11H2,1H3,(H,19,23). The van der Waals surface area contributed by atoms with Crippen LogP contribution in [0.1, 0.15) is 48.3 Å². The van der Waals surface area contributed by atoms with Gasteiger partial charge >= 0.3 is 0 Å². The molecule has 1 aromatic heterocycles. The minimum Gasteiger partial charge on any atom is -0.382 e. The van der Waals surface area contributed by atoms with Crippen LogP contribution in [0.5, 0.6) is 0 Å². The molecule has 7 heteroatoms. The van der Waals surface area contributed by atoms with E-state index < -0.39 is 0 Å². The number of nitrogens with zero attached hydrogens (tertiary/aromatic N) is 3. The number of aromatic nitrogens is 3. The second-order valence-electron chi connectivity index (χ2n) is 5.79. The number of carbonyl (C=O) groups is 1. The summed E-state index contributed by atoms with van der Waals surface area (Å²) in [5.41, 5.74) is 2.28. The molecule has 0 spiro atoms. The van der Waals surface area contributed by atoms with Crippen LogP contribution < -0.4 is 5.32 Å². The lowest BCUT2D eigenvalue weighted by Crippen LogP contribution is -2.26. The first-order valence-corrected chi connectivity index (χ1v) is 9.07. The normalized spacial score (nSPS) is 13.9. The minimum absolute atomic E-state index is 0.156. The van der Waals surface area contributed by atoms with Gasteiger partial charge in [0.25, 0.3) is 5.91 Å². The van der Waals surface area contributed by atoms with Crippen molar-refractivity contribution in [3.8, 4) is 5.69 Å². The fraction of sp³-hybridized carbons (Fsp3) is 0.471. The van der Waals surface area contributed by atoms with Crippen LogP contribution >= 0.6 is 15.9 Å². The maximum absolute atomic E-state index is 12.5. The Morgan fingerprint density at radius 3 is 2.79 bits per heavy atom. The summed E-state index contributed by atoms with van der Waals surface area (Å²) >= 11 is 3.43. The van der Waals surface area contributed by atoms with Crippen molar-refractivity contribution < 1.29 is 9.53 Å². The van der Waals surface area contributed by atoms with E-state index in [0.717, 1.165) is 35.1 Å². The Bertz CT molecular complexity index is 695. The maximum Gasteiger partial charge on any atom is 0.273 e. The van der Waals surface area contributed by atoms with Gasteiger partial charge in [0.15, 0.2) is 5.69 Å². The molecule has 1 heterocycles. The lowest BCUT2D eigenvalue weighted by atomic mass is 10.2. The molecule has 0 bridgehead atoms. The molecule has 0 radical (unpaired) electrons. The van der Waals surface area contributed by atoms with Crippen molar-refractivity contribution in [3.05, 3.63) is 40.1 Å². The van der Waals surface area contributed by atoms with Crippen molar-refractivity contribution in [3.63, 3.8) is 0 Å². The molecule has 6 nitrogen and oxygen atoms in total. The first kappa shape index (κ1) is 17.1. The van der Waals surface area contributed by atoms with Crippen LogP contribution in [0.4, 0.5) is 0 Å². The lowest BCUT2D eigenvalue weighted by molar-refractivity contribution is 0.0938. The zero-order valence-corrected chi connectivity index (χ0v) is 15.3. The van der Waals surface area contributed by atoms with Crippen molar-refractivity contribution in [1.82, 2.24) is 20.3 Å². The molecular formula is C17H21BrN4O2. The number of nitrogens with one attached hydrogen (secondary N) is 1. The maximum atomic E-state index is 12.5. The number of hydrogen-bond acceptors (Lipinski definition) is 4. The average molecular weight is 393 g/mol. The van der Waals surface area contributed by atoms with E-state index in [2.05, 4.69) is 31.6 Å². The molecule has 1 aromatic carbocycles. The number of hydrogen-bond donors (Lipinski definition) is 1. The fourth-order valence-electron chi connectivity index (χ4n) is 2.55. The Morgan fingerprint density at radius 1 is 1.38 bits per heavy atom. The van der Waals surface area contributed by atoms with Gasteiger partial charge in [0.05, 0.1) is 11.4 Å². The van der Waals surface area contributed by atoms with Gasteiger partial charge in [-0.2, -0.15) is 0 Å². The van der Waals surface area contributed by atoms with Crippen molar-refractivity contribution in [2.24, 2.45) is 0 Å².